The summed E-state index contributed by atoms with van der Waals surface area (Å²) in [5, 5.41) is 0. The van der Waals surface area contributed by atoms with Crippen LogP contribution in [0.5, 0.6) is 5.75 Å². The van der Waals surface area contributed by atoms with Crippen LogP contribution < -0.4 is 4.74 Å². The maximum absolute atomic E-state index is 14.3. The number of methoxy groups -OCH3 is 1. The van der Waals surface area contributed by atoms with E-state index in [-0.39, 0.29) is 5.56 Å². The standard InChI is InChI=1S/C16H14Br2F2O/c1-8-4-5-12(19)14(16(8)20)15(18)10-7-11(17)9(2)6-13(10)21-3/h4-7,15H,1-3H3. The predicted octanol–water partition coefficient (Wildman–Crippen LogP) is 5.84. The van der Waals surface area contributed by atoms with Crippen LogP contribution >= 0.6 is 31.9 Å². The highest BCUT2D eigenvalue weighted by Gasteiger charge is 2.24. The van der Waals surface area contributed by atoms with Crippen LogP contribution in [-0.2, 0) is 0 Å². The molecule has 0 N–H and O–H groups in total. The molecule has 1 nitrogen and oxygen atoms in total. The number of alkyl halides is 1. The quantitative estimate of drug-likeness (QED) is 0.568. The highest BCUT2D eigenvalue weighted by molar-refractivity contribution is 9.10. The van der Waals surface area contributed by atoms with E-state index in [2.05, 4.69) is 31.9 Å². The van der Waals surface area contributed by atoms with Crippen molar-refractivity contribution in [3.8, 4) is 5.75 Å². The predicted molar refractivity (Wildman–Crippen MR) is 87.3 cm³/mol. The van der Waals surface area contributed by atoms with Crippen molar-refractivity contribution >= 4 is 31.9 Å². The average Bonchev–Trinajstić information content (AvgIpc) is 2.45. The Kier molecular flexibility index (Phi) is 5.04. The molecular weight excluding hydrogens is 406 g/mol. The third-order valence-electron chi connectivity index (χ3n) is 3.36. The first kappa shape index (κ1) is 16.4. The maximum atomic E-state index is 14.3. The second-order valence-electron chi connectivity index (χ2n) is 4.80. The molecule has 2 aromatic carbocycles. The molecule has 0 saturated heterocycles. The molecule has 5 heteroatoms. The molecule has 0 fully saturated rings. The van der Waals surface area contributed by atoms with Gasteiger partial charge in [0.05, 0.1) is 11.9 Å². The Balaban J connectivity index is 2.63. The van der Waals surface area contributed by atoms with Crippen LogP contribution in [0, 0.1) is 25.5 Å². The van der Waals surface area contributed by atoms with E-state index in [9.17, 15) is 8.78 Å². The first-order chi connectivity index (χ1) is 9.86. The molecule has 2 aromatic rings. The van der Waals surface area contributed by atoms with Crippen molar-refractivity contribution in [1.82, 2.24) is 0 Å². The van der Waals surface area contributed by atoms with Gasteiger partial charge in [0.25, 0.3) is 0 Å². The van der Waals surface area contributed by atoms with E-state index in [1.54, 1.807) is 6.92 Å². The number of aryl methyl sites for hydroxylation is 2. The SMILES string of the molecule is COc1cc(C)c(Br)cc1C(Br)c1c(F)ccc(C)c1F. The Morgan fingerprint density at radius 1 is 1.10 bits per heavy atom. The van der Waals surface area contributed by atoms with E-state index < -0.39 is 16.5 Å². The summed E-state index contributed by atoms with van der Waals surface area (Å²) in [6.45, 7) is 3.54. The Morgan fingerprint density at radius 2 is 1.76 bits per heavy atom. The topological polar surface area (TPSA) is 9.23 Å². The zero-order valence-corrected chi connectivity index (χ0v) is 15.0. The van der Waals surface area contributed by atoms with Crippen LogP contribution in [0.15, 0.2) is 28.7 Å². The van der Waals surface area contributed by atoms with Gasteiger partial charge in [-0.25, -0.2) is 8.78 Å². The van der Waals surface area contributed by atoms with Gasteiger partial charge in [-0.15, -0.1) is 0 Å². The lowest BCUT2D eigenvalue weighted by atomic mass is 9.99. The molecule has 1 atom stereocenters. The molecular formula is C16H14Br2F2O. The van der Waals surface area contributed by atoms with E-state index in [0.717, 1.165) is 10.0 Å². The van der Waals surface area contributed by atoms with Gasteiger partial charge in [-0.1, -0.05) is 37.9 Å². The molecule has 21 heavy (non-hydrogen) atoms. The number of benzene rings is 2. The van der Waals surface area contributed by atoms with Gasteiger partial charge in [0.1, 0.15) is 17.4 Å². The van der Waals surface area contributed by atoms with E-state index in [4.69, 9.17) is 4.74 Å². The molecule has 2 rings (SSSR count). The third kappa shape index (κ3) is 3.14. The average molecular weight is 420 g/mol. The van der Waals surface area contributed by atoms with Gasteiger partial charge in [0.2, 0.25) is 0 Å². The summed E-state index contributed by atoms with van der Waals surface area (Å²) in [7, 11) is 1.54. The second kappa shape index (κ2) is 6.44. The summed E-state index contributed by atoms with van der Waals surface area (Å²) in [6, 6.07) is 6.35. The van der Waals surface area contributed by atoms with E-state index >= 15 is 0 Å². The molecule has 112 valence electrons. The number of hydrogen-bond acceptors (Lipinski definition) is 1. The highest BCUT2D eigenvalue weighted by atomic mass is 79.9. The smallest absolute Gasteiger partial charge is 0.133 e. The van der Waals surface area contributed by atoms with Crippen LogP contribution in [0.4, 0.5) is 8.78 Å². The summed E-state index contributed by atoms with van der Waals surface area (Å²) in [5.41, 5.74) is 2.05. The first-order valence-corrected chi connectivity index (χ1v) is 8.00. The van der Waals surface area contributed by atoms with Crippen molar-refractivity contribution in [2.24, 2.45) is 0 Å². The third-order valence-corrected chi connectivity index (χ3v) is 5.16. The van der Waals surface area contributed by atoms with Gasteiger partial charge in [-0.3, -0.25) is 0 Å². The highest BCUT2D eigenvalue weighted by Crippen LogP contribution is 2.41. The van der Waals surface area contributed by atoms with Gasteiger partial charge in [0, 0.05) is 15.6 Å². The van der Waals surface area contributed by atoms with Crippen molar-refractivity contribution in [2.75, 3.05) is 7.11 Å². The second-order valence-corrected chi connectivity index (χ2v) is 6.57. The molecule has 0 aliphatic rings. The molecule has 0 amide bonds. The Morgan fingerprint density at radius 3 is 2.38 bits per heavy atom. The number of hydrogen-bond donors (Lipinski definition) is 0. The minimum Gasteiger partial charge on any atom is -0.496 e. The first-order valence-electron chi connectivity index (χ1n) is 6.29. The minimum atomic E-state index is -0.635. The Labute approximate surface area is 139 Å². The van der Waals surface area contributed by atoms with Crippen molar-refractivity contribution in [1.29, 1.82) is 0 Å². The van der Waals surface area contributed by atoms with E-state index in [0.29, 0.717) is 16.9 Å². The summed E-state index contributed by atoms with van der Waals surface area (Å²) in [5.74, 6) is -0.549. The molecule has 0 bridgehead atoms. The monoisotopic (exact) mass is 418 g/mol. The molecule has 0 saturated carbocycles. The van der Waals surface area contributed by atoms with Gasteiger partial charge in [0.15, 0.2) is 0 Å². The summed E-state index contributed by atoms with van der Waals surface area (Å²) < 4.78 is 34.5. The van der Waals surface area contributed by atoms with Gasteiger partial charge in [-0.2, -0.15) is 0 Å². The molecule has 0 spiro atoms. The van der Waals surface area contributed by atoms with E-state index in [1.807, 2.05) is 19.1 Å². The molecule has 0 aromatic heterocycles. The summed E-state index contributed by atoms with van der Waals surface area (Å²) in [4.78, 5) is -0.635. The van der Waals surface area contributed by atoms with Crippen LogP contribution in [0.3, 0.4) is 0 Å². The molecule has 0 heterocycles. The number of rotatable bonds is 3. The van der Waals surface area contributed by atoms with Crippen molar-refractivity contribution in [2.45, 2.75) is 18.7 Å². The summed E-state index contributed by atoms with van der Waals surface area (Å²) >= 11 is 6.84. The maximum Gasteiger partial charge on any atom is 0.133 e. The minimum absolute atomic E-state index is 0.0101. The van der Waals surface area contributed by atoms with Crippen LogP contribution in [0.25, 0.3) is 0 Å². The van der Waals surface area contributed by atoms with Gasteiger partial charge in [-0.05, 0) is 43.2 Å². The fraction of sp³-hybridized carbons (Fsp3) is 0.250. The molecule has 0 aliphatic heterocycles. The normalized spacial score (nSPS) is 12.3. The Hall–Kier alpha value is -0.940. The number of halogens is 4. The summed E-state index contributed by atoms with van der Waals surface area (Å²) in [6.07, 6.45) is 0. The Bertz CT molecular complexity index is 686. The lowest BCUT2D eigenvalue weighted by Gasteiger charge is -2.18. The van der Waals surface area contributed by atoms with Crippen LogP contribution in [-0.4, -0.2) is 7.11 Å². The van der Waals surface area contributed by atoms with E-state index in [1.165, 1.54) is 19.2 Å². The van der Waals surface area contributed by atoms with Crippen molar-refractivity contribution in [3.05, 3.63) is 62.6 Å². The van der Waals surface area contributed by atoms with Gasteiger partial charge >= 0.3 is 0 Å². The zero-order valence-electron chi connectivity index (χ0n) is 11.8. The van der Waals surface area contributed by atoms with Crippen LogP contribution in [0.2, 0.25) is 0 Å². The van der Waals surface area contributed by atoms with Crippen molar-refractivity contribution < 1.29 is 13.5 Å². The lowest BCUT2D eigenvalue weighted by molar-refractivity contribution is 0.409. The van der Waals surface area contributed by atoms with Gasteiger partial charge < -0.3 is 4.74 Å². The molecule has 1 unspecified atom stereocenters. The lowest BCUT2D eigenvalue weighted by Crippen LogP contribution is -2.04. The molecule has 0 aliphatic carbocycles. The van der Waals surface area contributed by atoms with Crippen LogP contribution in [0.1, 0.15) is 27.1 Å². The fourth-order valence-electron chi connectivity index (χ4n) is 2.11. The molecule has 0 radical (unpaired) electrons. The van der Waals surface area contributed by atoms with Crippen molar-refractivity contribution in [3.63, 3.8) is 0 Å². The zero-order chi connectivity index (χ0) is 15.7. The fourth-order valence-corrected chi connectivity index (χ4v) is 3.25. The largest absolute Gasteiger partial charge is 0.496 e. The number of ether oxygens (including phenoxy) is 1.